The fourth-order valence-electron chi connectivity index (χ4n) is 2.29. The van der Waals surface area contributed by atoms with Gasteiger partial charge in [0.2, 0.25) is 0 Å². The Balaban J connectivity index is 1.73. The van der Waals surface area contributed by atoms with Gasteiger partial charge < -0.3 is 9.64 Å². The summed E-state index contributed by atoms with van der Waals surface area (Å²) in [5.74, 6) is 0.0948. The lowest BCUT2D eigenvalue weighted by atomic mass is 9.97. The monoisotopic (exact) mass is 235 g/mol. The Kier molecular flexibility index (Phi) is 4.37. The van der Waals surface area contributed by atoms with E-state index in [1.54, 1.807) is 0 Å². The van der Waals surface area contributed by atoms with Crippen LogP contribution in [0.5, 0.6) is 0 Å². The first-order valence-corrected chi connectivity index (χ1v) is 6.46. The average Bonchev–Trinajstić information content (AvgIpc) is 2.38. The van der Waals surface area contributed by atoms with Gasteiger partial charge in [-0.05, 0) is 51.4 Å². The second kappa shape index (κ2) is 6.01. The molecule has 0 unspecified atom stereocenters. The van der Waals surface area contributed by atoms with E-state index in [2.05, 4.69) is 30.2 Å². The van der Waals surface area contributed by atoms with Gasteiger partial charge in [-0.15, -0.1) is 0 Å². The first-order chi connectivity index (χ1) is 8.25. The zero-order valence-electron chi connectivity index (χ0n) is 10.5. The molecule has 0 N–H and O–H groups in total. The van der Waals surface area contributed by atoms with Crippen LogP contribution in [0, 0.1) is 5.92 Å². The molecule has 1 heterocycles. The lowest BCUT2D eigenvalue weighted by Crippen LogP contribution is -2.34. The van der Waals surface area contributed by atoms with Crippen molar-refractivity contribution in [1.82, 2.24) is 4.90 Å². The number of hydrogen-bond acceptors (Lipinski definition) is 3. The highest BCUT2D eigenvalue weighted by Crippen LogP contribution is 2.18. The predicted molar refractivity (Wildman–Crippen MR) is 67.6 cm³/mol. The predicted octanol–water partition coefficient (Wildman–Crippen LogP) is 2.15. The number of carbonyl (C=O) groups is 1. The molecule has 0 spiro atoms. The van der Waals surface area contributed by atoms with Crippen LogP contribution in [0.1, 0.15) is 25.7 Å². The maximum atomic E-state index is 11.9. The second-order valence-electron chi connectivity index (χ2n) is 4.94. The van der Waals surface area contributed by atoms with Crippen molar-refractivity contribution in [2.24, 2.45) is 5.92 Å². The fraction of sp³-hybridized carbons (Fsp3) is 0.643. The molecule has 3 heteroatoms. The Morgan fingerprint density at radius 1 is 1.41 bits per heavy atom. The van der Waals surface area contributed by atoms with Crippen molar-refractivity contribution in [1.29, 1.82) is 0 Å². The highest BCUT2D eigenvalue weighted by molar-refractivity contribution is 5.72. The molecule has 0 aromatic heterocycles. The number of carbonyl (C=O) groups excluding carboxylic acids is 1. The van der Waals surface area contributed by atoms with Crippen LogP contribution in [0.4, 0.5) is 0 Å². The molecule has 17 heavy (non-hydrogen) atoms. The molecule has 0 saturated carbocycles. The summed E-state index contributed by atoms with van der Waals surface area (Å²) >= 11 is 0. The second-order valence-corrected chi connectivity index (χ2v) is 4.94. The number of likely N-dealkylation sites (tertiary alicyclic amines) is 1. The number of piperidine rings is 1. The number of hydrogen-bond donors (Lipinski definition) is 0. The van der Waals surface area contributed by atoms with E-state index in [-0.39, 0.29) is 11.9 Å². The van der Waals surface area contributed by atoms with E-state index in [1.807, 2.05) is 0 Å². The van der Waals surface area contributed by atoms with Crippen LogP contribution < -0.4 is 0 Å². The van der Waals surface area contributed by atoms with Gasteiger partial charge >= 0.3 is 5.97 Å². The van der Waals surface area contributed by atoms with Gasteiger partial charge in [-0.25, -0.2) is 0 Å². The van der Waals surface area contributed by atoms with Crippen molar-refractivity contribution < 1.29 is 9.53 Å². The molecule has 94 valence electrons. The normalized spacial score (nSPS) is 22.3. The summed E-state index contributed by atoms with van der Waals surface area (Å²) < 4.78 is 5.38. The Morgan fingerprint density at radius 3 is 2.82 bits per heavy atom. The number of allylic oxidation sites excluding steroid dienone is 2. The fourth-order valence-corrected chi connectivity index (χ4v) is 2.29. The summed E-state index contributed by atoms with van der Waals surface area (Å²) in [4.78, 5) is 14.1. The molecule has 0 amide bonds. The number of nitrogens with zero attached hydrogens (tertiary/aromatic N) is 1. The van der Waals surface area contributed by atoms with Gasteiger partial charge in [-0.1, -0.05) is 18.2 Å². The molecule has 2 rings (SSSR count). The zero-order valence-corrected chi connectivity index (χ0v) is 10.5. The third-order valence-electron chi connectivity index (χ3n) is 3.50. The molecule has 0 radical (unpaired) electrons. The van der Waals surface area contributed by atoms with E-state index in [4.69, 9.17) is 4.74 Å². The molecular formula is C14H21NO2. The van der Waals surface area contributed by atoms with Gasteiger partial charge in [0, 0.05) is 0 Å². The summed E-state index contributed by atoms with van der Waals surface area (Å²) in [6.45, 7) is 2.45. The maximum absolute atomic E-state index is 11.9. The van der Waals surface area contributed by atoms with Gasteiger partial charge in [0.25, 0.3) is 0 Å². The first-order valence-electron chi connectivity index (χ1n) is 6.46. The quantitative estimate of drug-likeness (QED) is 0.702. The zero-order chi connectivity index (χ0) is 12.1. The Morgan fingerprint density at radius 2 is 2.18 bits per heavy atom. The Labute approximate surface area is 103 Å². The molecule has 0 atom stereocenters. The third-order valence-corrected chi connectivity index (χ3v) is 3.50. The largest absolute Gasteiger partial charge is 0.461 e. The van der Waals surface area contributed by atoms with Crippen molar-refractivity contribution in [2.45, 2.75) is 25.7 Å². The summed E-state index contributed by atoms with van der Waals surface area (Å²) in [5, 5.41) is 0. The summed E-state index contributed by atoms with van der Waals surface area (Å²) in [6.07, 6.45) is 10.4. The van der Waals surface area contributed by atoms with Crippen LogP contribution in [0.15, 0.2) is 23.8 Å². The molecule has 0 bridgehead atoms. The molecular weight excluding hydrogens is 214 g/mol. The lowest BCUT2D eigenvalue weighted by Gasteiger charge is -2.27. The van der Waals surface area contributed by atoms with E-state index >= 15 is 0 Å². The van der Waals surface area contributed by atoms with Crippen LogP contribution in [-0.2, 0) is 9.53 Å². The molecule has 2 aliphatic rings. The SMILES string of the molecule is CN1CCC(C(=O)OCC2=CCCC=C2)CC1. The van der Waals surface area contributed by atoms with Crippen LogP contribution in [0.25, 0.3) is 0 Å². The van der Waals surface area contributed by atoms with Crippen LogP contribution in [0.2, 0.25) is 0 Å². The molecule has 1 aliphatic carbocycles. The van der Waals surface area contributed by atoms with E-state index < -0.39 is 0 Å². The van der Waals surface area contributed by atoms with Crippen molar-refractivity contribution >= 4 is 5.97 Å². The van der Waals surface area contributed by atoms with Crippen LogP contribution in [-0.4, -0.2) is 37.6 Å². The third kappa shape index (κ3) is 3.70. The van der Waals surface area contributed by atoms with Gasteiger partial charge in [0.15, 0.2) is 0 Å². The van der Waals surface area contributed by atoms with Crippen molar-refractivity contribution in [3.05, 3.63) is 23.8 Å². The maximum Gasteiger partial charge on any atom is 0.309 e. The highest BCUT2D eigenvalue weighted by Gasteiger charge is 2.24. The highest BCUT2D eigenvalue weighted by atomic mass is 16.5. The first kappa shape index (κ1) is 12.4. The number of ether oxygens (including phenoxy) is 1. The van der Waals surface area contributed by atoms with Crippen molar-refractivity contribution in [3.8, 4) is 0 Å². The standard InChI is InChI=1S/C14H21NO2/c1-15-9-7-13(8-10-15)14(16)17-11-12-5-3-2-4-6-12/h3,5-6,13H,2,4,7-11H2,1H3. The van der Waals surface area contributed by atoms with Gasteiger partial charge in [0.05, 0.1) is 5.92 Å². The average molecular weight is 235 g/mol. The minimum Gasteiger partial charge on any atom is -0.461 e. The molecule has 0 aromatic rings. The molecule has 1 saturated heterocycles. The minimum absolute atomic E-state index is 0.0158. The van der Waals surface area contributed by atoms with Gasteiger partial charge in [0.1, 0.15) is 6.61 Å². The van der Waals surface area contributed by atoms with E-state index in [0.29, 0.717) is 6.61 Å². The van der Waals surface area contributed by atoms with Gasteiger partial charge in [-0.3, -0.25) is 4.79 Å². The number of rotatable bonds is 3. The van der Waals surface area contributed by atoms with Crippen LogP contribution >= 0.6 is 0 Å². The molecule has 0 aromatic carbocycles. The topological polar surface area (TPSA) is 29.5 Å². The molecule has 1 fully saturated rings. The Bertz CT molecular complexity index is 325. The van der Waals surface area contributed by atoms with E-state index in [1.165, 1.54) is 0 Å². The van der Waals surface area contributed by atoms with Gasteiger partial charge in [-0.2, -0.15) is 0 Å². The summed E-state index contributed by atoms with van der Waals surface area (Å²) in [5.41, 5.74) is 1.14. The smallest absolute Gasteiger partial charge is 0.309 e. The minimum atomic E-state index is -0.0158. The van der Waals surface area contributed by atoms with E-state index in [9.17, 15) is 4.79 Å². The molecule has 1 aliphatic heterocycles. The van der Waals surface area contributed by atoms with E-state index in [0.717, 1.165) is 44.3 Å². The summed E-state index contributed by atoms with van der Waals surface area (Å²) in [6, 6.07) is 0. The Hall–Kier alpha value is -1.09. The van der Waals surface area contributed by atoms with Crippen molar-refractivity contribution in [3.63, 3.8) is 0 Å². The lowest BCUT2D eigenvalue weighted by molar-refractivity contribution is -0.149. The van der Waals surface area contributed by atoms with Crippen molar-refractivity contribution in [2.75, 3.05) is 26.7 Å². The summed E-state index contributed by atoms with van der Waals surface area (Å²) in [7, 11) is 2.10. The number of esters is 1. The van der Waals surface area contributed by atoms with Crippen LogP contribution in [0.3, 0.4) is 0 Å². The molecule has 3 nitrogen and oxygen atoms in total.